The Kier molecular flexibility index (Phi) is 7.48. The number of carbonyl (C=O) groups is 3. The number of hydrogen-bond acceptors (Lipinski definition) is 5. The molecule has 7 nitrogen and oxygen atoms in total. The van der Waals surface area contributed by atoms with Crippen molar-refractivity contribution in [3.05, 3.63) is 60.2 Å². The Morgan fingerprint density at radius 3 is 2.28 bits per heavy atom. The predicted octanol–water partition coefficient (Wildman–Crippen LogP) is 3.49. The van der Waals surface area contributed by atoms with Crippen LogP contribution in [0.4, 0.5) is 0 Å². The summed E-state index contributed by atoms with van der Waals surface area (Å²) in [4.78, 5) is 48.6. The van der Waals surface area contributed by atoms with Crippen LogP contribution >= 0.6 is 11.8 Å². The highest BCUT2D eigenvalue weighted by atomic mass is 32.2. The molecule has 0 aromatic heterocycles. The second-order valence-corrected chi connectivity index (χ2v) is 14.1. The summed E-state index contributed by atoms with van der Waals surface area (Å²) in [5, 5.41) is 10.5. The van der Waals surface area contributed by atoms with Crippen molar-refractivity contribution in [1.82, 2.24) is 14.7 Å². The summed E-state index contributed by atoms with van der Waals surface area (Å²) in [6, 6.07) is 8.60. The van der Waals surface area contributed by atoms with Crippen molar-refractivity contribution < 1.29 is 19.5 Å². The Bertz CT molecular complexity index is 1180. The van der Waals surface area contributed by atoms with Crippen molar-refractivity contribution in [2.75, 3.05) is 19.7 Å². The zero-order valence-electron chi connectivity index (χ0n) is 23.6. The Balaban J connectivity index is 1.62. The molecule has 4 aliphatic rings. The molecule has 0 aliphatic carbocycles. The van der Waals surface area contributed by atoms with Crippen LogP contribution in [0.15, 0.2) is 54.6 Å². The molecule has 8 heteroatoms. The van der Waals surface area contributed by atoms with E-state index in [4.69, 9.17) is 0 Å². The van der Waals surface area contributed by atoms with Gasteiger partial charge in [-0.25, -0.2) is 0 Å². The van der Waals surface area contributed by atoms with Crippen LogP contribution in [0.25, 0.3) is 0 Å². The van der Waals surface area contributed by atoms with Gasteiger partial charge in [0.2, 0.25) is 17.7 Å². The zero-order chi connectivity index (χ0) is 28.1. The van der Waals surface area contributed by atoms with Gasteiger partial charge < -0.3 is 19.8 Å². The number of amides is 3. The molecule has 1 unspecified atom stereocenters. The van der Waals surface area contributed by atoms with E-state index in [1.54, 1.807) is 16.7 Å². The smallest absolute Gasteiger partial charge is 0.247 e. The standard InChI is InChI=1S/C31H41N3O4S/c1-20(2)17-23(19-35)34-26-29(38)33(21(3)4)16-10-14-31(26)25(28(34)37)24-27(36)32(15-9-13-30(24,5)39-31)18-22-11-7-6-8-12-22/h6-14,20-21,23-26,35H,15-19H2,1-5H3/t23-,24+,25+,26?,30-,31+/m1/s1. The van der Waals surface area contributed by atoms with Crippen molar-refractivity contribution in [2.45, 2.75) is 75.2 Å². The number of aliphatic hydroxyl groups is 1. The molecule has 4 aliphatic heterocycles. The second-order valence-electron chi connectivity index (χ2n) is 12.3. The molecule has 39 heavy (non-hydrogen) atoms. The number of fused-ring (bicyclic) bond motifs is 2. The average Bonchev–Trinajstić information content (AvgIpc) is 3.16. The van der Waals surface area contributed by atoms with Gasteiger partial charge in [0.25, 0.3) is 0 Å². The molecule has 1 spiro atoms. The summed E-state index contributed by atoms with van der Waals surface area (Å²) in [6.07, 6.45) is 8.78. The molecule has 0 bridgehead atoms. The fourth-order valence-electron chi connectivity index (χ4n) is 7.15. The topological polar surface area (TPSA) is 81.2 Å². The second kappa shape index (κ2) is 10.4. The number of carbonyl (C=O) groups excluding carboxylic acids is 3. The van der Waals surface area contributed by atoms with E-state index in [0.29, 0.717) is 26.1 Å². The fourth-order valence-corrected chi connectivity index (χ4v) is 9.30. The van der Waals surface area contributed by atoms with Crippen LogP contribution < -0.4 is 0 Å². The number of likely N-dealkylation sites (tertiary alicyclic amines) is 1. The summed E-state index contributed by atoms with van der Waals surface area (Å²) in [5.41, 5.74) is 1.04. The Labute approximate surface area is 236 Å². The van der Waals surface area contributed by atoms with Crippen molar-refractivity contribution in [1.29, 1.82) is 0 Å². The summed E-state index contributed by atoms with van der Waals surface area (Å²) < 4.78 is -1.53. The molecule has 2 saturated heterocycles. The van der Waals surface area contributed by atoms with Crippen LogP contribution in [0.1, 0.15) is 46.6 Å². The molecule has 1 aromatic carbocycles. The summed E-state index contributed by atoms with van der Waals surface area (Å²) in [7, 11) is 0. The minimum Gasteiger partial charge on any atom is -0.394 e. The van der Waals surface area contributed by atoms with Crippen LogP contribution in [-0.2, 0) is 20.9 Å². The van der Waals surface area contributed by atoms with E-state index >= 15 is 0 Å². The van der Waals surface area contributed by atoms with Gasteiger partial charge in [-0.3, -0.25) is 14.4 Å². The maximum Gasteiger partial charge on any atom is 0.247 e. The van der Waals surface area contributed by atoms with Gasteiger partial charge in [-0.05, 0) is 38.7 Å². The molecule has 0 saturated carbocycles. The molecular formula is C31H41N3O4S. The molecule has 1 aromatic rings. The van der Waals surface area contributed by atoms with E-state index < -0.39 is 33.4 Å². The number of nitrogens with zero attached hydrogens (tertiary/aromatic N) is 3. The first-order valence-corrected chi connectivity index (χ1v) is 15.0. The largest absolute Gasteiger partial charge is 0.394 e. The van der Waals surface area contributed by atoms with Gasteiger partial charge in [-0.2, -0.15) is 0 Å². The maximum atomic E-state index is 14.6. The fraction of sp³-hybridized carbons (Fsp3) is 0.581. The van der Waals surface area contributed by atoms with Crippen LogP contribution in [0, 0.1) is 17.8 Å². The monoisotopic (exact) mass is 551 g/mol. The first-order valence-electron chi connectivity index (χ1n) is 14.2. The minimum absolute atomic E-state index is 0.0404. The van der Waals surface area contributed by atoms with Gasteiger partial charge in [0.05, 0.1) is 29.2 Å². The highest BCUT2D eigenvalue weighted by molar-refractivity contribution is 8.02. The van der Waals surface area contributed by atoms with Crippen molar-refractivity contribution >= 4 is 29.5 Å². The lowest BCUT2D eigenvalue weighted by atomic mass is 9.74. The number of hydrogen-bond donors (Lipinski definition) is 1. The Hall–Kier alpha value is -2.58. The molecule has 210 valence electrons. The molecular weight excluding hydrogens is 510 g/mol. The average molecular weight is 552 g/mol. The van der Waals surface area contributed by atoms with Gasteiger partial charge in [-0.15, -0.1) is 11.8 Å². The highest BCUT2D eigenvalue weighted by Gasteiger charge is 2.74. The maximum absolute atomic E-state index is 14.6. The molecule has 3 amide bonds. The van der Waals surface area contributed by atoms with Crippen LogP contribution in [0.5, 0.6) is 0 Å². The number of thioether (sulfide) groups is 1. The lowest BCUT2D eigenvalue weighted by Gasteiger charge is -2.40. The van der Waals surface area contributed by atoms with Gasteiger partial charge in [0.15, 0.2) is 0 Å². The number of aliphatic hydroxyl groups excluding tert-OH is 1. The molecule has 6 atom stereocenters. The SMILES string of the molecule is CC(C)C[C@H](CO)N1C(=O)[C@@H]2[C@H]3C(=O)N(Cc4ccccc4)CC=C[C@@]3(C)S[C@@]23C=CCN(C(C)C)C(=O)C13. The summed E-state index contributed by atoms with van der Waals surface area (Å²) in [6.45, 7) is 11.3. The van der Waals surface area contributed by atoms with E-state index in [-0.39, 0.29) is 36.3 Å². The minimum atomic E-state index is -0.891. The summed E-state index contributed by atoms with van der Waals surface area (Å²) >= 11 is 1.60. The van der Waals surface area contributed by atoms with Crippen LogP contribution in [-0.4, -0.2) is 84.8 Å². The molecule has 1 N–H and O–H groups in total. The van der Waals surface area contributed by atoms with Crippen molar-refractivity contribution in [3.63, 3.8) is 0 Å². The van der Waals surface area contributed by atoms with Crippen molar-refractivity contribution in [3.8, 4) is 0 Å². The molecule has 2 fully saturated rings. The van der Waals surface area contributed by atoms with Gasteiger partial charge >= 0.3 is 0 Å². The van der Waals surface area contributed by atoms with Crippen LogP contribution in [0.3, 0.4) is 0 Å². The third kappa shape index (κ3) is 4.53. The van der Waals surface area contributed by atoms with E-state index in [9.17, 15) is 19.5 Å². The molecule has 4 heterocycles. The number of rotatable bonds is 7. The lowest BCUT2D eigenvalue weighted by Crippen LogP contribution is -2.57. The molecule has 5 rings (SSSR count). The van der Waals surface area contributed by atoms with Crippen molar-refractivity contribution in [2.24, 2.45) is 17.8 Å². The molecule has 0 radical (unpaired) electrons. The first-order chi connectivity index (χ1) is 18.5. The van der Waals surface area contributed by atoms with E-state index in [2.05, 4.69) is 26.0 Å². The van der Waals surface area contributed by atoms with Gasteiger partial charge in [0.1, 0.15) is 6.04 Å². The highest BCUT2D eigenvalue weighted by Crippen LogP contribution is 2.66. The third-order valence-corrected chi connectivity index (χ3v) is 10.6. The van der Waals surface area contributed by atoms with E-state index in [1.165, 1.54) is 0 Å². The van der Waals surface area contributed by atoms with Gasteiger partial charge in [-0.1, -0.05) is 68.5 Å². The zero-order valence-corrected chi connectivity index (χ0v) is 24.4. The van der Waals surface area contributed by atoms with Gasteiger partial charge in [0, 0.05) is 30.4 Å². The van der Waals surface area contributed by atoms with E-state index in [1.807, 2.05) is 73.1 Å². The summed E-state index contributed by atoms with van der Waals surface area (Å²) in [5.74, 6) is -1.42. The van der Waals surface area contributed by atoms with Crippen LogP contribution in [0.2, 0.25) is 0 Å². The number of benzene rings is 1. The van der Waals surface area contributed by atoms with E-state index in [0.717, 1.165) is 5.56 Å². The Morgan fingerprint density at radius 2 is 1.64 bits per heavy atom. The normalized spacial score (nSPS) is 33.0. The lowest BCUT2D eigenvalue weighted by molar-refractivity contribution is -0.148. The predicted molar refractivity (Wildman–Crippen MR) is 154 cm³/mol. The third-order valence-electron chi connectivity index (χ3n) is 8.80. The Morgan fingerprint density at radius 1 is 0.949 bits per heavy atom. The quantitative estimate of drug-likeness (QED) is 0.525. The first kappa shape index (κ1) is 28.0.